The molecule has 22 nitrogen and oxygen atoms in total. The predicted molar refractivity (Wildman–Crippen MR) is 507 cm³/mol. The highest BCUT2D eigenvalue weighted by Gasteiger charge is 2.42. The number of rotatable bonds is 22. The number of aromatic amines is 3. The van der Waals surface area contributed by atoms with Gasteiger partial charge in [0.05, 0.1) is 72.7 Å². The number of H-pyrrole nitrogens is 3. The summed E-state index contributed by atoms with van der Waals surface area (Å²) in [5.74, 6) is 22.7. The maximum absolute atomic E-state index is 11.7. The number of aliphatic hydroxyl groups excluding tert-OH is 4. The van der Waals surface area contributed by atoms with Gasteiger partial charge in [0, 0.05) is 78.3 Å². The van der Waals surface area contributed by atoms with Crippen LogP contribution in [0.25, 0.3) is 0 Å². The smallest absolute Gasteiger partial charge is 0.328 e. The molecule has 0 aliphatic carbocycles. The summed E-state index contributed by atoms with van der Waals surface area (Å²) in [5.41, 5.74) is 4.43. The van der Waals surface area contributed by atoms with Gasteiger partial charge in [-0.3, -0.25) is 29.3 Å². The monoisotopic (exact) mass is 1840 g/mol. The fourth-order valence-electron chi connectivity index (χ4n) is 7.63. The summed E-state index contributed by atoms with van der Waals surface area (Å²) in [5, 5.41) is 35.8. The molecular formula is C87H157IN6O16Si6. The Morgan fingerprint density at radius 1 is 0.448 bits per heavy atom. The Bertz CT molecular complexity index is 3980. The first kappa shape index (κ1) is 117. The molecule has 29 heteroatoms. The van der Waals surface area contributed by atoms with E-state index in [0.717, 1.165) is 64.6 Å². The fraction of sp³-hybridized carbons (Fsp3) is 0.724. The molecule has 2 fully saturated rings. The number of aryl methyl sites for hydroxylation is 3. The van der Waals surface area contributed by atoms with Gasteiger partial charge >= 0.3 is 17.1 Å². The lowest BCUT2D eigenvalue weighted by atomic mass is 10.2. The number of hydrogen-bond donors (Lipinski definition) is 7. The molecule has 0 unspecified atom stereocenters. The van der Waals surface area contributed by atoms with E-state index in [0.29, 0.717) is 34.2 Å². The van der Waals surface area contributed by atoms with Crippen molar-refractivity contribution >= 4 is 72.0 Å². The number of aromatic nitrogens is 6. The maximum atomic E-state index is 11.7. The first-order valence-corrected chi connectivity index (χ1v) is 60.5. The highest BCUT2D eigenvalue weighted by Crippen LogP contribution is 2.41. The molecule has 0 aromatic carbocycles. The van der Waals surface area contributed by atoms with Crippen LogP contribution in [0.4, 0.5) is 0 Å². The van der Waals surface area contributed by atoms with Crippen molar-refractivity contribution in [2.45, 2.75) is 362 Å². The van der Waals surface area contributed by atoms with Crippen LogP contribution in [0.5, 0.6) is 0 Å². The topological polar surface area (TPSA) is 307 Å². The largest absolute Gasteiger partial charge is 0.413 e. The first-order valence-electron chi connectivity index (χ1n) is 40.7. The van der Waals surface area contributed by atoms with Crippen LogP contribution in [0.15, 0.2) is 47.4 Å². The molecule has 2 saturated heterocycles. The van der Waals surface area contributed by atoms with Crippen molar-refractivity contribution in [1.82, 2.24) is 28.7 Å². The van der Waals surface area contributed by atoms with Crippen LogP contribution in [0.3, 0.4) is 0 Å². The fourth-order valence-corrected chi connectivity index (χ4v) is 15.2. The number of terminal acetylenes is 2. The minimum Gasteiger partial charge on any atom is -0.413 e. The van der Waals surface area contributed by atoms with Crippen molar-refractivity contribution in [2.24, 2.45) is 21.1 Å². The number of nitrogens with zero attached hydrogens (tertiary/aromatic N) is 3. The highest BCUT2D eigenvalue weighted by atomic mass is 127. The Morgan fingerprint density at radius 3 is 0.957 bits per heavy atom. The Balaban J connectivity index is -0.000000625. The summed E-state index contributed by atoms with van der Waals surface area (Å²) in [4.78, 5) is 73.2. The lowest BCUT2D eigenvalue weighted by Gasteiger charge is -2.38. The van der Waals surface area contributed by atoms with Crippen LogP contribution in [-0.2, 0) is 48.3 Å². The molecule has 2 aliphatic rings. The van der Waals surface area contributed by atoms with Gasteiger partial charge in [-0.25, -0.2) is 14.4 Å². The van der Waals surface area contributed by atoms with E-state index in [2.05, 4.69) is 288 Å². The van der Waals surface area contributed by atoms with Crippen molar-refractivity contribution < 1.29 is 47.6 Å². The van der Waals surface area contributed by atoms with E-state index in [1.165, 1.54) is 45.8 Å². The molecule has 5 heterocycles. The molecule has 3 aromatic heterocycles. The van der Waals surface area contributed by atoms with Gasteiger partial charge in [0.1, 0.15) is 33.4 Å². The van der Waals surface area contributed by atoms with Crippen molar-refractivity contribution in [3.63, 3.8) is 0 Å². The number of nitrogens with one attached hydrogen (secondary N) is 3. The summed E-state index contributed by atoms with van der Waals surface area (Å²) in [7, 11) is -4.50. The number of ether oxygens (including phenoxy) is 2. The molecule has 2 aliphatic heterocycles. The van der Waals surface area contributed by atoms with Gasteiger partial charge in [-0.15, -0.1) is 47.6 Å². The maximum Gasteiger partial charge on any atom is 0.328 e. The normalized spacial score (nSPS) is 15.3. The zero-order valence-electron chi connectivity index (χ0n) is 78.2. The lowest BCUT2D eigenvalue weighted by molar-refractivity contribution is 0.0992. The van der Waals surface area contributed by atoms with Gasteiger partial charge in [0.2, 0.25) is 0 Å². The van der Waals surface area contributed by atoms with E-state index >= 15 is 0 Å². The molecule has 5 rings (SSSR count). The van der Waals surface area contributed by atoms with Crippen LogP contribution in [0.1, 0.15) is 213 Å². The minimum atomic E-state index is -1.83. The zero-order chi connectivity index (χ0) is 91.4. The minimum absolute atomic E-state index is 0.0648. The van der Waals surface area contributed by atoms with Crippen LogP contribution >= 0.6 is 22.6 Å². The molecular weight excluding hydrogens is 1680 g/mol. The predicted octanol–water partition coefficient (Wildman–Crippen LogP) is 15.3. The van der Waals surface area contributed by atoms with E-state index in [-0.39, 0.29) is 87.1 Å². The second-order valence-electron chi connectivity index (χ2n) is 37.0. The van der Waals surface area contributed by atoms with E-state index in [1.807, 2.05) is 29.5 Å². The summed E-state index contributed by atoms with van der Waals surface area (Å²) in [6.07, 6.45) is 25.1. The standard InChI is InChI=1S/C17H28N2O3Si.C15H32OSi2.2C12H24OSi.C10H12N2O4.C9H18OSi.C5H5IN2O2.C4H8O.C3H6O2/c1-8-14(22-23(6,7)17(2,3)4)11-9-10-13-12-19(5)16(21)18-15(13)20;1-10-14(12-11-13-17(5,6)7)16-18(8,9)15(2,3)4;2*1-8-10-11(9-2)13-14(6,7)12(3,4)5;1-12-5-7(9(15)11-10(12)16)3-2-4-8(14)6-13;1-5-9(10)7-6-8-11(2,3)4;1-8-2-3(6)4(9)7-5(8)10;1-2-4-3-5-4;4-1-3-2-5-3/h12,14H,8,11H2,1-7H3,(H,18,20,21);14H,10,12H2,1-9H3;2*1,11H,9-10H2,2-7H3;5,8,13-14H,4,6H2,1H3,(H,11,15,16);9-10H,5,7H2,1-4H3;2H,1H3,(H,7,9,10);4H,2-3H2,1H3;3-4H,1-2H2/t2*14-;2*11-;8-;9-;;4-;3-/m111101.11/s1. The second-order valence-corrected chi connectivity index (χ2v) is 66.7. The molecule has 7 N–H and O–H groups in total. The Labute approximate surface area is 720 Å². The van der Waals surface area contributed by atoms with Gasteiger partial charge in [0.15, 0.2) is 33.3 Å². The van der Waals surface area contributed by atoms with Crippen molar-refractivity contribution in [1.29, 1.82) is 0 Å². The molecule has 0 spiro atoms. The van der Waals surface area contributed by atoms with E-state index in [9.17, 15) is 28.8 Å². The molecule has 0 saturated carbocycles. The molecule has 0 amide bonds. The van der Waals surface area contributed by atoms with Crippen molar-refractivity contribution in [3.8, 4) is 71.3 Å². The van der Waals surface area contributed by atoms with Crippen LogP contribution in [0.2, 0.25) is 112 Å². The molecule has 662 valence electrons. The number of epoxide rings is 2. The molecule has 8 atom stereocenters. The van der Waals surface area contributed by atoms with Gasteiger partial charge < -0.3 is 61.3 Å². The van der Waals surface area contributed by atoms with Gasteiger partial charge in [-0.2, -0.15) is 0 Å². The zero-order valence-corrected chi connectivity index (χ0v) is 86.4. The molecule has 0 radical (unpaired) electrons. The number of halogens is 1. The number of aliphatic hydroxyl groups is 4. The summed E-state index contributed by atoms with van der Waals surface area (Å²) >= 11 is 1.86. The highest BCUT2D eigenvalue weighted by molar-refractivity contribution is 14.1. The third-order valence-electron chi connectivity index (χ3n) is 19.7. The van der Waals surface area contributed by atoms with Gasteiger partial charge in [0.25, 0.3) is 16.7 Å². The summed E-state index contributed by atoms with van der Waals surface area (Å²) < 4.78 is 39.0. The Hall–Kier alpha value is -4.97. The summed E-state index contributed by atoms with van der Waals surface area (Å²) in [6.45, 7) is 72.9. The summed E-state index contributed by atoms with van der Waals surface area (Å²) in [6, 6.07) is 0. The molecule has 3 aromatic rings. The average molecular weight is 1840 g/mol. The van der Waals surface area contributed by atoms with E-state index < -0.39 is 78.0 Å². The Morgan fingerprint density at radius 2 is 0.724 bits per heavy atom. The quantitative estimate of drug-likeness (QED) is 0.0213. The first-order chi connectivity index (χ1) is 52.8. The SMILES string of the molecule is C#CC[C@@H](CC)O[Si](C)(C)C(C)(C)C.C#CC[C@@H](CC)O[Si](C)(C)C(C)(C)C.CC[C@@H](O)CC#C[Si](C)(C)C.CC[C@@H]1CO1.CC[C@H](CC#C[Si](C)(C)C)O[Si](C)(C)C(C)(C)C.CC[C@H](CC#Cc1cn(C)c(=O)[nH]c1=O)O[Si](C)(C)C(C)(C)C.Cn1cc(C#CC[C@H](O)CO)c(=O)[nH]c1=O.Cn1cc(I)c(=O)[nH]c1=O.OC[C@@H]1CO1. The van der Waals surface area contributed by atoms with Crippen molar-refractivity contribution in [3.05, 3.63) is 95.8 Å². The van der Waals surface area contributed by atoms with E-state index in [4.69, 9.17) is 55.7 Å². The number of hydrogen-bond acceptors (Lipinski definition) is 16. The average Bonchev–Trinajstić information content (AvgIpc) is 0.857. The molecule has 116 heavy (non-hydrogen) atoms. The van der Waals surface area contributed by atoms with E-state index in [1.54, 1.807) is 14.1 Å². The van der Waals surface area contributed by atoms with Crippen LogP contribution in [-0.4, -0.2) is 174 Å². The van der Waals surface area contributed by atoms with Crippen LogP contribution < -0.4 is 33.7 Å². The Kier molecular flexibility index (Phi) is 56.5. The van der Waals surface area contributed by atoms with Crippen LogP contribution in [0, 0.1) is 74.9 Å². The second kappa shape index (κ2) is 55.9. The third-order valence-corrected chi connectivity index (χ3v) is 40.5. The van der Waals surface area contributed by atoms with Crippen molar-refractivity contribution in [2.75, 3.05) is 26.4 Å². The third kappa shape index (κ3) is 54.3. The molecule has 0 bridgehead atoms. The lowest BCUT2D eigenvalue weighted by Crippen LogP contribution is -2.43. The van der Waals surface area contributed by atoms with Gasteiger partial charge in [-0.05, 0) is 134 Å². The van der Waals surface area contributed by atoms with Gasteiger partial charge in [-0.1, -0.05) is 188 Å².